The van der Waals surface area contributed by atoms with Gasteiger partial charge >= 0.3 is 5.97 Å². The lowest BCUT2D eigenvalue weighted by atomic mass is 10.2. The van der Waals surface area contributed by atoms with E-state index in [2.05, 4.69) is 15.9 Å². The van der Waals surface area contributed by atoms with E-state index in [1.165, 1.54) is 36.4 Å². The van der Waals surface area contributed by atoms with Crippen LogP contribution in [0.3, 0.4) is 0 Å². The third-order valence-electron chi connectivity index (χ3n) is 2.82. The van der Waals surface area contributed by atoms with Crippen molar-refractivity contribution in [2.24, 2.45) is 0 Å². The molecule has 1 N–H and O–H groups in total. The standard InChI is InChI=1S/C14H10BrFO4S/c15-11-4-1-10(13(16)7-11)8-21(19,20)12-5-2-9(3-6-12)14(17)18/h1-7H,8H2,(H,17,18). The van der Waals surface area contributed by atoms with E-state index in [0.717, 1.165) is 0 Å². The molecule has 7 heteroatoms. The summed E-state index contributed by atoms with van der Waals surface area (Å²) in [4.78, 5) is 10.7. The molecule has 0 unspecified atom stereocenters. The largest absolute Gasteiger partial charge is 0.478 e. The van der Waals surface area contributed by atoms with Crippen molar-refractivity contribution in [1.29, 1.82) is 0 Å². The third kappa shape index (κ3) is 3.68. The molecule has 0 atom stereocenters. The molecule has 2 rings (SSSR count). The Morgan fingerprint density at radius 1 is 1.14 bits per heavy atom. The number of halogens is 2. The summed E-state index contributed by atoms with van der Waals surface area (Å²) in [6.07, 6.45) is 0. The molecule has 0 aliphatic carbocycles. The van der Waals surface area contributed by atoms with E-state index in [0.29, 0.717) is 4.47 Å². The van der Waals surface area contributed by atoms with Gasteiger partial charge in [0, 0.05) is 10.0 Å². The fraction of sp³-hybridized carbons (Fsp3) is 0.0714. The van der Waals surface area contributed by atoms with Gasteiger partial charge in [-0.05, 0) is 36.4 Å². The maximum Gasteiger partial charge on any atom is 0.335 e. The molecule has 0 amide bonds. The smallest absolute Gasteiger partial charge is 0.335 e. The molecule has 2 aromatic rings. The number of benzene rings is 2. The maximum absolute atomic E-state index is 13.7. The molecule has 0 heterocycles. The van der Waals surface area contributed by atoms with Crippen molar-refractivity contribution < 1.29 is 22.7 Å². The van der Waals surface area contributed by atoms with Gasteiger partial charge in [0.2, 0.25) is 0 Å². The Hall–Kier alpha value is -1.73. The first kappa shape index (κ1) is 15.7. The van der Waals surface area contributed by atoms with E-state index in [1.807, 2.05) is 0 Å². The van der Waals surface area contributed by atoms with E-state index in [-0.39, 0.29) is 16.0 Å². The van der Waals surface area contributed by atoms with Gasteiger partial charge in [0.1, 0.15) is 5.82 Å². The van der Waals surface area contributed by atoms with Crippen LogP contribution in [-0.2, 0) is 15.6 Å². The van der Waals surface area contributed by atoms with Gasteiger partial charge in [-0.2, -0.15) is 0 Å². The minimum Gasteiger partial charge on any atom is -0.478 e. The molecule has 0 saturated carbocycles. The number of hydrogen-bond donors (Lipinski definition) is 1. The molecule has 2 aromatic carbocycles. The van der Waals surface area contributed by atoms with Crippen molar-refractivity contribution in [1.82, 2.24) is 0 Å². The van der Waals surface area contributed by atoms with Crippen LogP contribution in [0.2, 0.25) is 0 Å². The van der Waals surface area contributed by atoms with Crippen LogP contribution in [0, 0.1) is 5.82 Å². The van der Waals surface area contributed by atoms with Gasteiger partial charge in [-0.15, -0.1) is 0 Å². The zero-order valence-corrected chi connectivity index (χ0v) is 13.0. The van der Waals surface area contributed by atoms with Crippen LogP contribution < -0.4 is 0 Å². The monoisotopic (exact) mass is 372 g/mol. The van der Waals surface area contributed by atoms with Crippen LogP contribution >= 0.6 is 15.9 Å². The molecule has 0 aliphatic rings. The average molecular weight is 373 g/mol. The van der Waals surface area contributed by atoms with Gasteiger partial charge in [0.15, 0.2) is 9.84 Å². The molecule has 110 valence electrons. The minimum absolute atomic E-state index is 0.0104. The highest BCUT2D eigenvalue weighted by Crippen LogP contribution is 2.21. The fourth-order valence-electron chi connectivity index (χ4n) is 1.73. The topological polar surface area (TPSA) is 71.4 Å². The highest BCUT2D eigenvalue weighted by Gasteiger charge is 2.18. The van der Waals surface area contributed by atoms with E-state index in [1.54, 1.807) is 6.07 Å². The lowest BCUT2D eigenvalue weighted by molar-refractivity contribution is 0.0696. The van der Waals surface area contributed by atoms with Crippen LogP contribution in [0.1, 0.15) is 15.9 Å². The molecule has 0 saturated heterocycles. The molecule has 0 spiro atoms. The molecule has 0 aromatic heterocycles. The Labute approximate surface area is 129 Å². The molecular formula is C14H10BrFO4S. The average Bonchev–Trinajstić information content (AvgIpc) is 2.42. The van der Waals surface area contributed by atoms with Crippen molar-refractivity contribution in [2.45, 2.75) is 10.6 Å². The Balaban J connectivity index is 2.31. The number of sulfone groups is 1. The summed E-state index contributed by atoms with van der Waals surface area (Å²) in [6, 6.07) is 8.95. The van der Waals surface area contributed by atoms with Crippen molar-refractivity contribution in [3.05, 3.63) is 63.9 Å². The van der Waals surface area contributed by atoms with Crippen LogP contribution in [0.4, 0.5) is 4.39 Å². The van der Waals surface area contributed by atoms with Gasteiger partial charge < -0.3 is 5.11 Å². The van der Waals surface area contributed by atoms with Crippen molar-refractivity contribution in [3.8, 4) is 0 Å². The number of carboxylic acids is 1. The van der Waals surface area contributed by atoms with Crippen LogP contribution in [0.15, 0.2) is 51.8 Å². The van der Waals surface area contributed by atoms with Gasteiger partial charge in [0.25, 0.3) is 0 Å². The van der Waals surface area contributed by atoms with Crippen molar-refractivity contribution >= 4 is 31.7 Å². The summed E-state index contributed by atoms with van der Waals surface area (Å²) in [6.45, 7) is 0. The minimum atomic E-state index is -3.74. The molecule has 0 aliphatic heterocycles. The predicted octanol–water partition coefficient (Wildman–Crippen LogP) is 3.26. The molecule has 21 heavy (non-hydrogen) atoms. The Morgan fingerprint density at radius 3 is 2.29 bits per heavy atom. The van der Waals surface area contributed by atoms with E-state index < -0.39 is 27.4 Å². The second-order valence-corrected chi connectivity index (χ2v) is 7.23. The SMILES string of the molecule is O=C(O)c1ccc(S(=O)(=O)Cc2ccc(Br)cc2F)cc1. The second kappa shape index (κ2) is 5.95. The Kier molecular flexibility index (Phi) is 4.43. The second-order valence-electron chi connectivity index (χ2n) is 4.32. The first-order valence-electron chi connectivity index (χ1n) is 5.79. The molecule has 0 fully saturated rings. The van der Waals surface area contributed by atoms with E-state index >= 15 is 0 Å². The summed E-state index contributed by atoms with van der Waals surface area (Å²) >= 11 is 3.10. The zero-order valence-electron chi connectivity index (χ0n) is 10.6. The number of aromatic carboxylic acids is 1. The van der Waals surface area contributed by atoms with Gasteiger partial charge in [-0.3, -0.25) is 0 Å². The van der Waals surface area contributed by atoms with Crippen LogP contribution in [-0.4, -0.2) is 19.5 Å². The van der Waals surface area contributed by atoms with Crippen LogP contribution in [0.25, 0.3) is 0 Å². The number of rotatable bonds is 4. The van der Waals surface area contributed by atoms with Crippen LogP contribution in [0.5, 0.6) is 0 Å². The molecular weight excluding hydrogens is 363 g/mol. The summed E-state index contributed by atoms with van der Waals surface area (Å²) in [5.41, 5.74) is 0.0456. The number of carboxylic acid groups (broad SMARTS) is 1. The maximum atomic E-state index is 13.7. The molecule has 0 radical (unpaired) electrons. The molecule has 0 bridgehead atoms. The van der Waals surface area contributed by atoms with Crippen molar-refractivity contribution in [2.75, 3.05) is 0 Å². The molecule has 4 nitrogen and oxygen atoms in total. The first-order chi connectivity index (χ1) is 9.79. The zero-order chi connectivity index (χ0) is 15.6. The quantitative estimate of drug-likeness (QED) is 0.893. The van der Waals surface area contributed by atoms with Gasteiger partial charge in [-0.1, -0.05) is 22.0 Å². The fourth-order valence-corrected chi connectivity index (χ4v) is 3.43. The third-order valence-corrected chi connectivity index (χ3v) is 5.00. The first-order valence-corrected chi connectivity index (χ1v) is 8.24. The van der Waals surface area contributed by atoms with Gasteiger partial charge in [-0.25, -0.2) is 17.6 Å². The normalized spacial score (nSPS) is 11.3. The lowest BCUT2D eigenvalue weighted by Crippen LogP contribution is -2.07. The summed E-state index contributed by atoms with van der Waals surface area (Å²) < 4.78 is 38.6. The highest BCUT2D eigenvalue weighted by atomic mass is 79.9. The summed E-state index contributed by atoms with van der Waals surface area (Å²) in [7, 11) is -3.74. The van der Waals surface area contributed by atoms with Crippen molar-refractivity contribution in [3.63, 3.8) is 0 Å². The highest BCUT2D eigenvalue weighted by molar-refractivity contribution is 9.10. The number of hydrogen-bond acceptors (Lipinski definition) is 3. The summed E-state index contributed by atoms with van der Waals surface area (Å²) in [5.74, 6) is -2.24. The Bertz CT molecular complexity index is 785. The predicted molar refractivity (Wildman–Crippen MR) is 78.4 cm³/mol. The Morgan fingerprint density at radius 2 is 1.76 bits per heavy atom. The summed E-state index contributed by atoms with van der Waals surface area (Å²) in [5, 5.41) is 8.77. The lowest BCUT2D eigenvalue weighted by Gasteiger charge is -2.06. The van der Waals surface area contributed by atoms with E-state index in [9.17, 15) is 17.6 Å². The number of carbonyl (C=O) groups is 1. The van der Waals surface area contributed by atoms with Gasteiger partial charge in [0.05, 0.1) is 16.2 Å². The van der Waals surface area contributed by atoms with E-state index in [4.69, 9.17) is 5.11 Å².